The highest BCUT2D eigenvalue weighted by Gasteiger charge is 1.90. The van der Waals surface area contributed by atoms with Crippen molar-refractivity contribution in [1.82, 2.24) is 0 Å². The van der Waals surface area contributed by atoms with Crippen LogP contribution >= 0.6 is 0 Å². The van der Waals surface area contributed by atoms with Crippen molar-refractivity contribution in [1.29, 1.82) is 5.41 Å². The van der Waals surface area contributed by atoms with Gasteiger partial charge in [0.25, 0.3) is 0 Å². The van der Waals surface area contributed by atoms with Crippen molar-refractivity contribution in [3.8, 4) is 0 Å². The molecule has 0 aromatic heterocycles. The molecule has 2 nitrogen and oxygen atoms in total. The van der Waals surface area contributed by atoms with Gasteiger partial charge in [-0.1, -0.05) is 0 Å². The first kappa shape index (κ1) is 8.34. The smallest absolute Gasteiger partial charge is 0.0905 e. The lowest BCUT2D eigenvalue weighted by Crippen LogP contribution is -2.08. The second-order valence-corrected chi connectivity index (χ2v) is 2.19. The van der Waals surface area contributed by atoms with Gasteiger partial charge in [-0.05, 0) is 19.3 Å². The highest BCUT2D eigenvalue weighted by molar-refractivity contribution is 5.76. The minimum absolute atomic E-state index is 0.305. The Morgan fingerprint density at radius 1 is 1.33 bits per heavy atom. The number of hydrogen-bond acceptors (Lipinski definition) is 1. The van der Waals surface area contributed by atoms with Crippen LogP contribution in [0.3, 0.4) is 0 Å². The summed E-state index contributed by atoms with van der Waals surface area (Å²) >= 11 is 0. The van der Waals surface area contributed by atoms with Crippen LogP contribution in [0.1, 0.15) is 32.1 Å². The van der Waals surface area contributed by atoms with E-state index in [1.54, 1.807) is 0 Å². The predicted molar refractivity (Wildman–Crippen MR) is 40.4 cm³/mol. The molecule has 0 aliphatic carbocycles. The maximum Gasteiger partial charge on any atom is 0.0905 e. The zero-order chi connectivity index (χ0) is 7.11. The molecule has 9 heavy (non-hydrogen) atoms. The van der Waals surface area contributed by atoms with Crippen LogP contribution < -0.4 is 5.73 Å². The fourth-order valence-electron chi connectivity index (χ4n) is 0.669. The molecule has 2 heteroatoms. The molecule has 3 N–H and O–H groups in total. The lowest BCUT2D eigenvalue weighted by atomic mass is 10.1. The summed E-state index contributed by atoms with van der Waals surface area (Å²) < 4.78 is 0. The summed E-state index contributed by atoms with van der Waals surface area (Å²) in [6.45, 7) is 3.72. The van der Waals surface area contributed by atoms with Gasteiger partial charge in [-0.2, -0.15) is 0 Å². The molecule has 0 saturated heterocycles. The Hall–Kier alpha value is -0.660. The number of unbranched alkanes of at least 4 members (excludes halogenated alkanes) is 3. The van der Waals surface area contributed by atoms with Crippen LogP contribution in [-0.4, -0.2) is 5.84 Å². The van der Waals surface area contributed by atoms with Crippen molar-refractivity contribution >= 4 is 5.84 Å². The summed E-state index contributed by atoms with van der Waals surface area (Å²) in [6.07, 6.45) is 5.11. The van der Waals surface area contributed by atoms with Gasteiger partial charge in [0, 0.05) is 6.42 Å². The molecule has 52 valence electrons. The molecule has 0 radical (unpaired) electrons. The first-order valence-corrected chi connectivity index (χ1v) is 3.39. The van der Waals surface area contributed by atoms with Crippen LogP contribution in [0, 0.1) is 12.3 Å². The van der Waals surface area contributed by atoms with E-state index < -0.39 is 0 Å². The molecule has 0 saturated carbocycles. The monoisotopic (exact) mass is 127 g/mol. The van der Waals surface area contributed by atoms with Crippen LogP contribution in [0.2, 0.25) is 0 Å². The molecule has 0 amide bonds. The quantitative estimate of drug-likeness (QED) is 0.251. The molecule has 0 aromatic rings. The highest BCUT2D eigenvalue weighted by Crippen LogP contribution is 2.00. The fourth-order valence-corrected chi connectivity index (χ4v) is 0.669. The zero-order valence-electron chi connectivity index (χ0n) is 5.82. The summed E-state index contributed by atoms with van der Waals surface area (Å²) in [4.78, 5) is 0. The molecule has 0 unspecified atom stereocenters. The first-order chi connectivity index (χ1) is 4.27. The van der Waals surface area contributed by atoms with Gasteiger partial charge in [0.15, 0.2) is 0 Å². The van der Waals surface area contributed by atoms with Gasteiger partial charge in [0.05, 0.1) is 19.2 Å². The Labute approximate surface area is 57.0 Å². The average Bonchev–Trinajstić information content (AvgIpc) is 1.80. The maximum atomic E-state index is 6.89. The standard InChI is InChI=1S/C7H15N2/c1-2-3-4-5-6-7(8)9/h1-6H2,(H3,8,9)/q+1. The van der Waals surface area contributed by atoms with Crippen LogP contribution in [0.5, 0.6) is 0 Å². The minimum Gasteiger partial charge on any atom is -0.388 e. The number of nitrogens with one attached hydrogen (secondary N) is 1. The number of hydrogen-bond donors (Lipinski definition) is 2. The number of nitrogens with two attached hydrogens (primary N) is 1. The van der Waals surface area contributed by atoms with Crippen molar-refractivity contribution in [3.05, 3.63) is 6.92 Å². The SMILES string of the molecule is [CH2+]CCCCCC(=N)N. The summed E-state index contributed by atoms with van der Waals surface area (Å²) in [5, 5.41) is 6.89. The minimum atomic E-state index is 0.305. The first-order valence-electron chi connectivity index (χ1n) is 3.39. The van der Waals surface area contributed by atoms with E-state index in [0.29, 0.717) is 5.84 Å². The zero-order valence-corrected chi connectivity index (χ0v) is 5.82. The van der Waals surface area contributed by atoms with Crippen molar-refractivity contribution in [2.24, 2.45) is 5.73 Å². The van der Waals surface area contributed by atoms with Gasteiger partial charge >= 0.3 is 0 Å². The molecular weight excluding hydrogens is 112 g/mol. The van der Waals surface area contributed by atoms with E-state index in [-0.39, 0.29) is 0 Å². The van der Waals surface area contributed by atoms with E-state index in [1.165, 1.54) is 0 Å². The van der Waals surface area contributed by atoms with Gasteiger partial charge in [-0.3, -0.25) is 5.41 Å². The van der Waals surface area contributed by atoms with E-state index in [4.69, 9.17) is 11.1 Å². The van der Waals surface area contributed by atoms with Crippen molar-refractivity contribution in [2.75, 3.05) is 0 Å². The molecule has 0 heterocycles. The van der Waals surface area contributed by atoms with Crippen LogP contribution in [-0.2, 0) is 0 Å². The Balaban J connectivity index is 2.83. The molecule has 0 aliphatic rings. The Morgan fingerprint density at radius 3 is 2.44 bits per heavy atom. The summed E-state index contributed by atoms with van der Waals surface area (Å²) in [7, 11) is 0. The van der Waals surface area contributed by atoms with E-state index in [2.05, 4.69) is 6.92 Å². The number of amidine groups is 1. The molecule has 0 spiro atoms. The second kappa shape index (κ2) is 5.48. The molecule has 0 atom stereocenters. The van der Waals surface area contributed by atoms with Gasteiger partial charge in [0.2, 0.25) is 0 Å². The largest absolute Gasteiger partial charge is 0.388 e. The number of rotatable bonds is 5. The van der Waals surface area contributed by atoms with E-state index in [0.717, 1.165) is 32.1 Å². The van der Waals surface area contributed by atoms with Crippen molar-refractivity contribution in [3.63, 3.8) is 0 Å². The lowest BCUT2D eigenvalue weighted by Gasteiger charge is -1.94. The molecule has 0 bridgehead atoms. The van der Waals surface area contributed by atoms with E-state index in [1.807, 2.05) is 0 Å². The Morgan fingerprint density at radius 2 is 2.00 bits per heavy atom. The predicted octanol–water partition coefficient (Wildman–Crippen LogP) is 1.71. The Kier molecular flexibility index (Phi) is 5.07. The van der Waals surface area contributed by atoms with Gasteiger partial charge < -0.3 is 5.73 Å². The van der Waals surface area contributed by atoms with Crippen molar-refractivity contribution < 1.29 is 0 Å². The molecule has 0 fully saturated rings. The third-order valence-corrected chi connectivity index (χ3v) is 1.20. The molecule has 0 rings (SSSR count). The van der Waals surface area contributed by atoms with E-state index >= 15 is 0 Å². The third-order valence-electron chi connectivity index (χ3n) is 1.20. The molecular formula is C7H15N2+. The maximum absolute atomic E-state index is 6.89. The topological polar surface area (TPSA) is 49.9 Å². The average molecular weight is 127 g/mol. The normalized spacial score (nSPS) is 9.33. The third kappa shape index (κ3) is 7.34. The summed E-state index contributed by atoms with van der Waals surface area (Å²) in [5.41, 5.74) is 5.14. The summed E-state index contributed by atoms with van der Waals surface area (Å²) in [5.74, 6) is 0.305. The fraction of sp³-hybridized carbons (Fsp3) is 0.714. The van der Waals surface area contributed by atoms with Gasteiger partial charge in [-0.15, -0.1) is 0 Å². The van der Waals surface area contributed by atoms with Crippen LogP contribution in [0.15, 0.2) is 0 Å². The van der Waals surface area contributed by atoms with Crippen molar-refractivity contribution in [2.45, 2.75) is 32.1 Å². The van der Waals surface area contributed by atoms with E-state index in [9.17, 15) is 0 Å². The van der Waals surface area contributed by atoms with Gasteiger partial charge in [-0.25, -0.2) is 0 Å². The van der Waals surface area contributed by atoms with Gasteiger partial charge in [0.1, 0.15) is 0 Å². The molecule has 0 aromatic carbocycles. The highest BCUT2D eigenvalue weighted by atomic mass is 14.7. The lowest BCUT2D eigenvalue weighted by molar-refractivity contribution is 0.702. The van der Waals surface area contributed by atoms with Crippen LogP contribution in [0.25, 0.3) is 0 Å². The van der Waals surface area contributed by atoms with Crippen LogP contribution in [0.4, 0.5) is 0 Å². The Bertz CT molecular complexity index is 79.0. The summed E-state index contributed by atoms with van der Waals surface area (Å²) in [6, 6.07) is 0. The molecule has 0 aliphatic heterocycles. The second-order valence-electron chi connectivity index (χ2n) is 2.19.